The molecule has 0 saturated heterocycles. The molecule has 1 aliphatic rings. The highest BCUT2D eigenvalue weighted by Crippen LogP contribution is 2.02. The molecule has 0 bridgehead atoms. The number of rotatable bonds is 0. The molecule has 0 unspecified atom stereocenters. The zero-order chi connectivity index (χ0) is 8.49. The molecule has 0 atom stereocenters. The minimum absolute atomic E-state index is 0.990. The maximum Gasteiger partial charge on any atom is -0.00979 e. The maximum absolute atomic E-state index is 3.26. The summed E-state index contributed by atoms with van der Waals surface area (Å²) in [7, 11) is 0. The highest BCUT2D eigenvalue weighted by molar-refractivity contribution is 4.92. The lowest BCUT2D eigenvalue weighted by atomic mass is 10.1. The van der Waals surface area contributed by atoms with Crippen LogP contribution < -0.4 is 0 Å². The summed E-state index contributed by atoms with van der Waals surface area (Å²) in [4.78, 5) is 0. The van der Waals surface area contributed by atoms with Gasteiger partial charge in [-0.1, -0.05) is 30.4 Å². The van der Waals surface area contributed by atoms with E-state index in [0.717, 1.165) is 12.8 Å². The summed E-state index contributed by atoms with van der Waals surface area (Å²) in [5.41, 5.74) is 0. The van der Waals surface area contributed by atoms with Gasteiger partial charge < -0.3 is 0 Å². The van der Waals surface area contributed by atoms with Crippen molar-refractivity contribution < 1.29 is 0 Å². The van der Waals surface area contributed by atoms with E-state index in [-0.39, 0.29) is 0 Å². The molecule has 0 spiro atoms. The molecule has 0 heterocycles. The second-order valence-electron chi connectivity index (χ2n) is 3.06. The van der Waals surface area contributed by atoms with E-state index in [0.29, 0.717) is 0 Å². The summed E-state index contributed by atoms with van der Waals surface area (Å²) >= 11 is 0. The molecule has 12 heavy (non-hydrogen) atoms. The van der Waals surface area contributed by atoms with Crippen molar-refractivity contribution >= 4 is 0 Å². The molecule has 0 aromatic heterocycles. The topological polar surface area (TPSA) is 0 Å². The average Bonchev–Trinajstić information content (AvgIpc) is 2.05. The highest BCUT2D eigenvalue weighted by Gasteiger charge is 1.83. The van der Waals surface area contributed by atoms with Crippen LogP contribution in [0.1, 0.15) is 38.5 Å². The first-order valence-corrected chi connectivity index (χ1v) is 4.85. The van der Waals surface area contributed by atoms with Crippen LogP contribution in [0.5, 0.6) is 0 Å². The van der Waals surface area contributed by atoms with Gasteiger partial charge in [-0.25, -0.2) is 0 Å². The Labute approximate surface area is 75.7 Å². The van der Waals surface area contributed by atoms with Crippen LogP contribution in [0.2, 0.25) is 0 Å². The quantitative estimate of drug-likeness (QED) is 0.474. The summed E-state index contributed by atoms with van der Waals surface area (Å²) < 4.78 is 0. The van der Waals surface area contributed by atoms with Crippen molar-refractivity contribution in [1.82, 2.24) is 0 Å². The van der Waals surface area contributed by atoms with Gasteiger partial charge in [-0.05, 0) is 44.6 Å². The van der Waals surface area contributed by atoms with Crippen LogP contribution in [-0.4, -0.2) is 0 Å². The van der Waals surface area contributed by atoms with Crippen molar-refractivity contribution in [3.05, 3.63) is 36.5 Å². The minimum Gasteiger partial charge on any atom is -0.0885 e. The molecule has 1 aliphatic carbocycles. The fourth-order valence-corrected chi connectivity index (χ4v) is 1.22. The molecule has 0 amide bonds. The Bertz CT molecular complexity index is 172. The van der Waals surface area contributed by atoms with Gasteiger partial charge in [0.15, 0.2) is 0 Å². The van der Waals surface area contributed by atoms with Crippen molar-refractivity contribution in [2.24, 2.45) is 0 Å². The van der Waals surface area contributed by atoms with Crippen LogP contribution in [0.15, 0.2) is 30.4 Å². The smallest absolute Gasteiger partial charge is 0.00979 e. The maximum atomic E-state index is 3.26. The predicted molar refractivity (Wildman–Crippen MR) is 53.8 cm³/mol. The van der Waals surface area contributed by atoms with Crippen molar-refractivity contribution in [2.45, 2.75) is 38.5 Å². The SMILES string of the molecule is [C]1=C/CC/C=C/CCC/C=C/C/1. The third-order valence-electron chi connectivity index (χ3n) is 1.93. The molecule has 1 radical (unpaired) electrons. The highest BCUT2D eigenvalue weighted by atomic mass is 13.9. The summed E-state index contributed by atoms with van der Waals surface area (Å²) in [6.45, 7) is 0. The second kappa shape index (κ2) is 6.90. The van der Waals surface area contributed by atoms with Crippen LogP contribution in [0.3, 0.4) is 0 Å². The largest absolute Gasteiger partial charge is 0.0885 e. The summed E-state index contributed by atoms with van der Waals surface area (Å²) in [5, 5.41) is 0. The molecule has 0 nitrogen and oxygen atoms in total. The normalized spacial score (nSPS) is 28.0. The summed E-state index contributed by atoms with van der Waals surface area (Å²) in [6.07, 6.45) is 21.5. The number of hydrogen-bond donors (Lipinski definition) is 0. The van der Waals surface area contributed by atoms with Crippen molar-refractivity contribution in [1.29, 1.82) is 0 Å². The second-order valence-corrected chi connectivity index (χ2v) is 3.06. The molecule has 0 aliphatic heterocycles. The van der Waals surface area contributed by atoms with Gasteiger partial charge in [0.05, 0.1) is 0 Å². The monoisotopic (exact) mass is 161 g/mol. The van der Waals surface area contributed by atoms with Crippen LogP contribution in [0.4, 0.5) is 0 Å². The Morgan fingerprint density at radius 1 is 0.750 bits per heavy atom. The van der Waals surface area contributed by atoms with E-state index in [9.17, 15) is 0 Å². The van der Waals surface area contributed by atoms with Gasteiger partial charge in [0.2, 0.25) is 0 Å². The third kappa shape index (κ3) is 4.95. The number of hydrogen-bond acceptors (Lipinski definition) is 0. The van der Waals surface area contributed by atoms with Crippen molar-refractivity contribution in [3.8, 4) is 0 Å². The van der Waals surface area contributed by atoms with Gasteiger partial charge >= 0.3 is 0 Å². The van der Waals surface area contributed by atoms with Gasteiger partial charge in [-0.15, -0.1) is 0 Å². The van der Waals surface area contributed by atoms with Gasteiger partial charge in [0, 0.05) is 0 Å². The van der Waals surface area contributed by atoms with E-state index in [2.05, 4.69) is 36.5 Å². The molecule has 0 fully saturated rings. The summed E-state index contributed by atoms with van der Waals surface area (Å²) in [6, 6.07) is 0. The zero-order valence-electron chi connectivity index (χ0n) is 7.63. The lowest BCUT2D eigenvalue weighted by Crippen LogP contribution is -1.72. The van der Waals surface area contributed by atoms with Gasteiger partial charge in [0.25, 0.3) is 0 Å². The summed E-state index contributed by atoms with van der Waals surface area (Å²) in [5.74, 6) is 0. The molecular formula is C12H17. The molecule has 0 N–H and O–H groups in total. The Kier molecular flexibility index (Phi) is 5.35. The number of allylic oxidation sites excluding steroid dienone is 6. The molecule has 1 rings (SSSR count). The Hall–Kier alpha value is -0.780. The van der Waals surface area contributed by atoms with E-state index in [1.54, 1.807) is 0 Å². The van der Waals surface area contributed by atoms with Crippen LogP contribution >= 0.6 is 0 Å². The molecule has 65 valence electrons. The minimum atomic E-state index is 0.990. The fraction of sp³-hybridized carbons (Fsp3) is 0.500. The zero-order valence-corrected chi connectivity index (χ0v) is 7.63. The van der Waals surface area contributed by atoms with Gasteiger partial charge in [-0.2, -0.15) is 0 Å². The van der Waals surface area contributed by atoms with E-state index < -0.39 is 0 Å². The predicted octanol–water partition coefficient (Wildman–Crippen LogP) is 3.81. The molecule has 0 aromatic rings. The lowest BCUT2D eigenvalue weighted by molar-refractivity contribution is 0.858. The molecule has 0 aromatic carbocycles. The van der Waals surface area contributed by atoms with E-state index >= 15 is 0 Å². The molecule has 0 saturated carbocycles. The average molecular weight is 161 g/mol. The van der Waals surface area contributed by atoms with Crippen molar-refractivity contribution in [3.63, 3.8) is 0 Å². The first kappa shape index (κ1) is 9.31. The standard InChI is InChI=1S/C12H17/c1-2-4-6-8-10-12-11-9-7-5-3-1/h1-2,7,10,12H,3-6,8,11H2/b2-1+,9-7?,12-10+. The Balaban J connectivity index is 2.30. The molecular weight excluding hydrogens is 144 g/mol. The Morgan fingerprint density at radius 2 is 1.50 bits per heavy atom. The van der Waals surface area contributed by atoms with E-state index in [1.807, 2.05) is 0 Å². The van der Waals surface area contributed by atoms with E-state index in [1.165, 1.54) is 25.7 Å². The van der Waals surface area contributed by atoms with Crippen LogP contribution in [-0.2, 0) is 0 Å². The Morgan fingerprint density at radius 3 is 2.42 bits per heavy atom. The first-order valence-electron chi connectivity index (χ1n) is 4.85. The molecule has 0 heteroatoms. The lowest BCUT2D eigenvalue weighted by Gasteiger charge is -1.92. The van der Waals surface area contributed by atoms with Gasteiger partial charge in [0.1, 0.15) is 0 Å². The third-order valence-corrected chi connectivity index (χ3v) is 1.93. The van der Waals surface area contributed by atoms with Gasteiger partial charge in [-0.3, -0.25) is 0 Å². The van der Waals surface area contributed by atoms with Crippen LogP contribution in [0.25, 0.3) is 0 Å². The van der Waals surface area contributed by atoms with Crippen LogP contribution in [0, 0.1) is 6.08 Å². The van der Waals surface area contributed by atoms with Crippen molar-refractivity contribution in [2.75, 3.05) is 0 Å². The fourth-order valence-electron chi connectivity index (χ4n) is 1.22. The first-order chi connectivity index (χ1) is 6.00. The van der Waals surface area contributed by atoms with E-state index in [4.69, 9.17) is 0 Å².